The number of hydrogen-bond acceptors (Lipinski definition) is 3. The van der Waals surface area contributed by atoms with Crippen LogP contribution in [0.3, 0.4) is 0 Å². The molecule has 2 atom stereocenters. The van der Waals surface area contributed by atoms with Crippen molar-refractivity contribution >= 4 is 9.84 Å². The van der Waals surface area contributed by atoms with Crippen molar-refractivity contribution in [3.8, 4) is 0 Å². The third-order valence-corrected chi connectivity index (χ3v) is 5.62. The molecule has 0 heterocycles. The number of sulfone groups is 1. The van der Waals surface area contributed by atoms with E-state index in [4.69, 9.17) is 5.73 Å². The molecule has 0 radical (unpaired) electrons. The van der Waals surface area contributed by atoms with E-state index in [0.29, 0.717) is 4.90 Å². The lowest BCUT2D eigenvalue weighted by Crippen LogP contribution is -2.35. The average molecular weight is 269 g/mol. The molecular weight excluding hydrogens is 246 g/mol. The monoisotopic (exact) mass is 269 g/mol. The quantitative estimate of drug-likeness (QED) is 0.917. The Kier molecular flexibility index (Phi) is 4.23. The van der Waals surface area contributed by atoms with Crippen molar-refractivity contribution < 1.29 is 8.42 Å². The Hall–Kier alpha value is -0.870. The molecule has 2 N–H and O–H groups in total. The lowest BCUT2D eigenvalue weighted by molar-refractivity contribution is 0.567. The maximum atomic E-state index is 12.3. The van der Waals surface area contributed by atoms with Crippen LogP contribution < -0.4 is 5.73 Å². The number of rotatable bonds is 3. The molecule has 1 aromatic rings. The van der Waals surface area contributed by atoms with Crippen LogP contribution in [0, 0.1) is 0 Å². The van der Waals surface area contributed by atoms with Crippen LogP contribution in [0.5, 0.6) is 0 Å². The molecule has 4 heteroatoms. The fourth-order valence-corrected chi connectivity index (χ4v) is 3.15. The summed E-state index contributed by atoms with van der Waals surface area (Å²) in [6.45, 7) is 9.66. The van der Waals surface area contributed by atoms with Gasteiger partial charge in [-0.1, -0.05) is 32.9 Å². The molecule has 0 aliphatic carbocycles. The molecule has 0 aromatic heterocycles. The highest BCUT2D eigenvalue weighted by Gasteiger charge is 2.26. The standard InChI is InChI=1S/C14H23NO2S/c1-10(15)11(2)18(16,17)13-8-6-12(7-9-13)14(3,4)5/h6-11H,15H2,1-5H3. The van der Waals surface area contributed by atoms with Gasteiger partial charge in [0.05, 0.1) is 10.1 Å². The summed E-state index contributed by atoms with van der Waals surface area (Å²) in [6.07, 6.45) is 0. The Morgan fingerprint density at radius 3 is 1.83 bits per heavy atom. The van der Waals surface area contributed by atoms with Crippen molar-refractivity contribution in [1.82, 2.24) is 0 Å². The summed E-state index contributed by atoms with van der Waals surface area (Å²) >= 11 is 0. The van der Waals surface area contributed by atoms with E-state index in [-0.39, 0.29) is 11.5 Å². The largest absolute Gasteiger partial charge is 0.327 e. The van der Waals surface area contributed by atoms with E-state index in [2.05, 4.69) is 20.8 Å². The van der Waals surface area contributed by atoms with Gasteiger partial charge < -0.3 is 5.73 Å². The van der Waals surface area contributed by atoms with Crippen molar-refractivity contribution in [2.75, 3.05) is 0 Å². The Balaban J connectivity index is 3.14. The van der Waals surface area contributed by atoms with Crippen LogP contribution in [-0.4, -0.2) is 19.7 Å². The Bertz CT molecular complexity index is 496. The second-order valence-corrected chi connectivity index (χ2v) is 8.19. The van der Waals surface area contributed by atoms with E-state index in [1.165, 1.54) is 0 Å². The lowest BCUT2D eigenvalue weighted by atomic mass is 9.87. The van der Waals surface area contributed by atoms with Crippen LogP contribution in [-0.2, 0) is 15.3 Å². The maximum Gasteiger partial charge on any atom is 0.182 e. The molecule has 0 aliphatic rings. The van der Waals surface area contributed by atoms with Gasteiger partial charge in [-0.3, -0.25) is 0 Å². The molecule has 0 spiro atoms. The molecule has 0 fully saturated rings. The van der Waals surface area contributed by atoms with Crippen molar-refractivity contribution in [1.29, 1.82) is 0 Å². The normalized spacial score (nSPS) is 16.3. The van der Waals surface area contributed by atoms with Crippen LogP contribution in [0.1, 0.15) is 40.2 Å². The summed E-state index contributed by atoms with van der Waals surface area (Å²) in [5.41, 5.74) is 6.82. The minimum atomic E-state index is -3.33. The lowest BCUT2D eigenvalue weighted by Gasteiger charge is -2.20. The first-order valence-electron chi connectivity index (χ1n) is 6.17. The second-order valence-electron chi connectivity index (χ2n) is 5.88. The van der Waals surface area contributed by atoms with Crippen LogP contribution >= 0.6 is 0 Å². The third kappa shape index (κ3) is 3.12. The molecular formula is C14H23NO2S. The van der Waals surface area contributed by atoms with Gasteiger partial charge in [-0.2, -0.15) is 0 Å². The summed E-state index contributed by atoms with van der Waals surface area (Å²) < 4.78 is 24.5. The minimum absolute atomic E-state index is 0.0229. The van der Waals surface area contributed by atoms with Gasteiger partial charge in [-0.05, 0) is 37.0 Å². The number of benzene rings is 1. The number of nitrogens with two attached hydrogens (primary N) is 1. The summed E-state index contributed by atoms with van der Waals surface area (Å²) in [6, 6.07) is 6.72. The first-order valence-corrected chi connectivity index (χ1v) is 7.71. The highest BCUT2D eigenvalue weighted by molar-refractivity contribution is 7.92. The van der Waals surface area contributed by atoms with E-state index in [0.717, 1.165) is 5.56 Å². The maximum absolute atomic E-state index is 12.3. The van der Waals surface area contributed by atoms with Crippen molar-refractivity contribution in [3.63, 3.8) is 0 Å². The zero-order valence-corrected chi connectivity index (χ0v) is 12.6. The van der Waals surface area contributed by atoms with Crippen molar-refractivity contribution in [3.05, 3.63) is 29.8 Å². The smallest absolute Gasteiger partial charge is 0.182 e. The molecule has 3 nitrogen and oxygen atoms in total. The van der Waals surface area contributed by atoms with Crippen LogP contribution in [0.15, 0.2) is 29.2 Å². The van der Waals surface area contributed by atoms with E-state index in [9.17, 15) is 8.42 Å². The van der Waals surface area contributed by atoms with E-state index < -0.39 is 15.1 Å². The van der Waals surface area contributed by atoms with Gasteiger partial charge >= 0.3 is 0 Å². The van der Waals surface area contributed by atoms with Gasteiger partial charge in [-0.25, -0.2) is 8.42 Å². The summed E-state index contributed by atoms with van der Waals surface area (Å²) in [5, 5.41) is -0.571. The highest BCUT2D eigenvalue weighted by atomic mass is 32.2. The zero-order valence-electron chi connectivity index (χ0n) is 11.8. The number of hydrogen-bond donors (Lipinski definition) is 1. The van der Waals surface area contributed by atoms with Gasteiger partial charge in [0.1, 0.15) is 0 Å². The first-order chi connectivity index (χ1) is 8.06. The van der Waals surface area contributed by atoms with Gasteiger partial charge in [0.15, 0.2) is 9.84 Å². The Labute approximate surface area is 110 Å². The molecule has 0 saturated carbocycles. The summed E-state index contributed by atoms with van der Waals surface area (Å²) in [5.74, 6) is 0. The van der Waals surface area contributed by atoms with Gasteiger partial charge in [-0.15, -0.1) is 0 Å². The SMILES string of the molecule is CC(N)C(C)S(=O)(=O)c1ccc(C(C)(C)C)cc1. The van der Waals surface area contributed by atoms with E-state index >= 15 is 0 Å². The molecule has 18 heavy (non-hydrogen) atoms. The van der Waals surface area contributed by atoms with Crippen LogP contribution in [0.2, 0.25) is 0 Å². The first kappa shape index (κ1) is 15.2. The van der Waals surface area contributed by atoms with E-state index in [1.807, 2.05) is 12.1 Å². The second kappa shape index (κ2) is 5.02. The molecule has 0 aliphatic heterocycles. The minimum Gasteiger partial charge on any atom is -0.327 e. The fraction of sp³-hybridized carbons (Fsp3) is 0.571. The molecule has 0 bridgehead atoms. The Morgan fingerprint density at radius 2 is 1.50 bits per heavy atom. The average Bonchev–Trinajstić information content (AvgIpc) is 2.26. The predicted molar refractivity (Wildman–Crippen MR) is 75.4 cm³/mol. The summed E-state index contributed by atoms with van der Waals surface area (Å²) in [4.78, 5) is 0.348. The van der Waals surface area contributed by atoms with Gasteiger partial charge in [0.25, 0.3) is 0 Å². The molecule has 0 amide bonds. The summed E-state index contributed by atoms with van der Waals surface area (Å²) in [7, 11) is -3.33. The van der Waals surface area contributed by atoms with Crippen LogP contribution in [0.25, 0.3) is 0 Å². The molecule has 0 saturated heterocycles. The third-order valence-electron chi connectivity index (χ3n) is 3.28. The molecule has 1 aromatic carbocycles. The topological polar surface area (TPSA) is 60.2 Å². The highest BCUT2D eigenvalue weighted by Crippen LogP contribution is 2.25. The molecule has 1 rings (SSSR count). The van der Waals surface area contributed by atoms with Gasteiger partial charge in [0.2, 0.25) is 0 Å². The Morgan fingerprint density at radius 1 is 1.06 bits per heavy atom. The molecule has 102 valence electrons. The zero-order chi connectivity index (χ0) is 14.1. The fourth-order valence-electron chi connectivity index (χ4n) is 1.64. The molecule has 2 unspecified atom stereocenters. The van der Waals surface area contributed by atoms with Crippen molar-refractivity contribution in [2.24, 2.45) is 5.73 Å². The predicted octanol–water partition coefficient (Wildman–Crippen LogP) is 2.49. The van der Waals surface area contributed by atoms with Gasteiger partial charge in [0, 0.05) is 6.04 Å². The van der Waals surface area contributed by atoms with Crippen LogP contribution in [0.4, 0.5) is 0 Å². The van der Waals surface area contributed by atoms with E-state index in [1.54, 1.807) is 26.0 Å². The van der Waals surface area contributed by atoms with Crippen molar-refractivity contribution in [2.45, 2.75) is 56.2 Å².